The van der Waals surface area contributed by atoms with Crippen LogP contribution in [-0.4, -0.2) is 56.1 Å². The quantitative estimate of drug-likeness (QED) is 0.457. The first-order valence-corrected chi connectivity index (χ1v) is 13.2. The van der Waals surface area contributed by atoms with E-state index in [4.69, 9.17) is 16.3 Å². The van der Waals surface area contributed by atoms with Crippen LogP contribution in [0.1, 0.15) is 24.2 Å². The highest BCUT2D eigenvalue weighted by atomic mass is 35.5. The molecule has 1 heterocycles. The van der Waals surface area contributed by atoms with E-state index >= 15 is 0 Å². The highest BCUT2D eigenvalue weighted by molar-refractivity contribution is 7.89. The number of hydrogen-bond donors (Lipinski definition) is 1. The van der Waals surface area contributed by atoms with Crippen LogP contribution in [0.5, 0.6) is 0 Å². The Hall–Kier alpha value is -2.98. The molecule has 7 nitrogen and oxygen atoms in total. The average molecular weight is 533 g/mol. The number of aromatic carboxylic acids is 1. The van der Waals surface area contributed by atoms with Crippen molar-refractivity contribution in [2.45, 2.75) is 30.9 Å². The van der Waals surface area contributed by atoms with E-state index in [0.717, 1.165) is 17.8 Å². The fourth-order valence-electron chi connectivity index (χ4n) is 4.44. The van der Waals surface area contributed by atoms with Crippen molar-refractivity contribution in [1.29, 1.82) is 0 Å². The molecule has 0 spiro atoms. The van der Waals surface area contributed by atoms with E-state index in [1.807, 2.05) is 49.1 Å². The van der Waals surface area contributed by atoms with E-state index < -0.39 is 39.5 Å². The van der Waals surface area contributed by atoms with Crippen LogP contribution in [0.25, 0.3) is 11.1 Å². The lowest BCUT2D eigenvalue weighted by Crippen LogP contribution is -2.48. The third-order valence-electron chi connectivity index (χ3n) is 6.38. The number of anilines is 2. The first kappa shape index (κ1) is 26.1. The minimum Gasteiger partial charge on any atom is -0.478 e. The van der Waals surface area contributed by atoms with Crippen molar-refractivity contribution < 1.29 is 27.4 Å². The largest absolute Gasteiger partial charge is 0.478 e. The number of carbonyl (C=O) groups is 1. The number of hydrogen-bond acceptors (Lipinski definition) is 5. The molecule has 2 atom stereocenters. The monoisotopic (exact) mass is 532 g/mol. The maximum Gasteiger partial charge on any atom is 0.338 e. The standard InChI is InChI=1S/C26H26ClFN2O5S/c1-4-35-16(2)24-15-30(18-8-6-5-7-9-18)23-14-21(27)19(13-25(23)36(33,34)29(24)3)17-10-11-22(28)20(12-17)26(31)32/h5-14,16,24H,4,15H2,1-3H3,(H,31,32)/t16-,24+/m1/s1. The Balaban J connectivity index is 1.97. The number of fused-ring (bicyclic) bond motifs is 1. The van der Waals surface area contributed by atoms with Gasteiger partial charge in [0.25, 0.3) is 0 Å². The van der Waals surface area contributed by atoms with Gasteiger partial charge in [0.15, 0.2) is 0 Å². The van der Waals surface area contributed by atoms with Crippen molar-refractivity contribution in [3.8, 4) is 11.1 Å². The number of benzene rings is 3. The molecule has 10 heteroatoms. The topological polar surface area (TPSA) is 87.1 Å². The van der Waals surface area contributed by atoms with Crippen LogP contribution in [0, 0.1) is 5.82 Å². The molecule has 36 heavy (non-hydrogen) atoms. The van der Waals surface area contributed by atoms with Crippen LogP contribution in [0.2, 0.25) is 5.02 Å². The minimum atomic E-state index is -4.03. The first-order valence-electron chi connectivity index (χ1n) is 11.3. The number of halogens is 2. The first-order chi connectivity index (χ1) is 17.1. The van der Waals surface area contributed by atoms with Crippen LogP contribution < -0.4 is 4.90 Å². The highest BCUT2D eigenvalue weighted by Gasteiger charge is 2.40. The van der Waals surface area contributed by atoms with Crippen molar-refractivity contribution in [1.82, 2.24) is 4.31 Å². The zero-order valence-corrected chi connectivity index (χ0v) is 21.6. The third-order valence-corrected chi connectivity index (χ3v) is 8.60. The van der Waals surface area contributed by atoms with Crippen molar-refractivity contribution in [3.63, 3.8) is 0 Å². The molecule has 3 aromatic carbocycles. The van der Waals surface area contributed by atoms with E-state index in [0.29, 0.717) is 18.8 Å². The van der Waals surface area contributed by atoms with E-state index in [-0.39, 0.29) is 21.0 Å². The van der Waals surface area contributed by atoms with Crippen LogP contribution >= 0.6 is 11.6 Å². The van der Waals surface area contributed by atoms with E-state index in [9.17, 15) is 22.7 Å². The summed E-state index contributed by atoms with van der Waals surface area (Å²) < 4.78 is 48.9. The number of para-hydroxylation sites is 1. The number of likely N-dealkylation sites (N-methyl/N-ethyl adjacent to an activating group) is 1. The van der Waals surface area contributed by atoms with Crippen molar-refractivity contribution >= 4 is 39.0 Å². The lowest BCUT2D eigenvalue weighted by atomic mass is 10.0. The van der Waals surface area contributed by atoms with Crippen molar-refractivity contribution in [2.75, 3.05) is 25.1 Å². The number of carboxylic acid groups (broad SMARTS) is 1. The van der Waals surface area contributed by atoms with Gasteiger partial charge in [-0.3, -0.25) is 0 Å². The molecule has 0 aliphatic carbocycles. The van der Waals surface area contributed by atoms with Gasteiger partial charge >= 0.3 is 5.97 Å². The Labute approximate surface area is 214 Å². The summed E-state index contributed by atoms with van der Waals surface area (Å²) in [4.78, 5) is 13.4. The van der Waals surface area contributed by atoms with Gasteiger partial charge in [-0.05, 0) is 55.8 Å². The number of sulfonamides is 1. The molecule has 0 saturated heterocycles. The van der Waals surface area contributed by atoms with Gasteiger partial charge in [-0.25, -0.2) is 17.6 Å². The van der Waals surface area contributed by atoms with Gasteiger partial charge in [0.05, 0.1) is 28.4 Å². The molecule has 1 aliphatic heterocycles. The second-order valence-electron chi connectivity index (χ2n) is 8.49. The Morgan fingerprint density at radius 2 is 1.89 bits per heavy atom. The van der Waals surface area contributed by atoms with Gasteiger partial charge in [-0.15, -0.1) is 0 Å². The Morgan fingerprint density at radius 3 is 2.53 bits per heavy atom. The maximum absolute atomic E-state index is 14.0. The summed E-state index contributed by atoms with van der Waals surface area (Å²) in [5.41, 5.74) is 1.19. The summed E-state index contributed by atoms with van der Waals surface area (Å²) in [5, 5.41) is 9.55. The predicted octanol–water partition coefficient (Wildman–Crippen LogP) is 5.41. The normalized spacial score (nSPS) is 18.4. The third kappa shape index (κ3) is 4.71. The van der Waals surface area contributed by atoms with Gasteiger partial charge in [0.2, 0.25) is 10.0 Å². The van der Waals surface area contributed by atoms with E-state index in [1.54, 1.807) is 6.07 Å². The zero-order valence-electron chi connectivity index (χ0n) is 20.0. The Kier molecular flexibility index (Phi) is 7.38. The summed E-state index contributed by atoms with van der Waals surface area (Å²) in [5.74, 6) is -2.33. The summed E-state index contributed by atoms with van der Waals surface area (Å²) >= 11 is 6.65. The molecule has 0 amide bonds. The van der Waals surface area contributed by atoms with E-state index in [2.05, 4.69) is 0 Å². The summed E-state index contributed by atoms with van der Waals surface area (Å²) in [6.07, 6.45) is -0.402. The van der Waals surface area contributed by atoms with Gasteiger partial charge in [-0.2, -0.15) is 4.31 Å². The molecule has 0 aromatic heterocycles. The second kappa shape index (κ2) is 10.2. The molecule has 0 bridgehead atoms. The van der Waals surface area contributed by atoms with E-state index in [1.165, 1.54) is 23.5 Å². The molecule has 0 fully saturated rings. The molecule has 3 aromatic rings. The molecule has 0 saturated carbocycles. The zero-order chi connectivity index (χ0) is 26.2. The SMILES string of the molecule is CCO[C@H](C)[C@@H]1CN(c2ccccc2)c2cc(Cl)c(-c3ccc(F)c(C(=O)O)c3)cc2S(=O)(=O)N1C. The fraction of sp³-hybridized carbons (Fsp3) is 0.269. The van der Waals surface area contributed by atoms with Gasteiger partial charge in [-0.1, -0.05) is 35.9 Å². The fourth-order valence-corrected chi connectivity index (χ4v) is 6.31. The Morgan fingerprint density at radius 1 is 1.19 bits per heavy atom. The molecule has 4 rings (SSSR count). The number of rotatable bonds is 6. The van der Waals surface area contributed by atoms with Crippen LogP contribution in [-0.2, 0) is 14.8 Å². The molecule has 1 aliphatic rings. The molecule has 190 valence electrons. The summed E-state index contributed by atoms with van der Waals surface area (Å²) in [6.45, 7) is 4.43. The van der Waals surface area contributed by atoms with Crippen molar-refractivity contribution in [2.24, 2.45) is 0 Å². The van der Waals surface area contributed by atoms with Gasteiger partial charge in [0, 0.05) is 31.5 Å². The Bertz CT molecular complexity index is 1400. The molecular weight excluding hydrogens is 507 g/mol. The highest BCUT2D eigenvalue weighted by Crippen LogP contribution is 2.43. The predicted molar refractivity (Wildman–Crippen MR) is 137 cm³/mol. The lowest BCUT2D eigenvalue weighted by Gasteiger charge is -2.33. The minimum absolute atomic E-state index is 0.000603. The second-order valence-corrected chi connectivity index (χ2v) is 10.9. The average Bonchev–Trinajstić information content (AvgIpc) is 2.92. The van der Waals surface area contributed by atoms with Crippen LogP contribution in [0.15, 0.2) is 65.6 Å². The van der Waals surface area contributed by atoms with Crippen LogP contribution in [0.3, 0.4) is 0 Å². The molecule has 1 N–H and O–H groups in total. The summed E-state index contributed by atoms with van der Waals surface area (Å²) in [7, 11) is -2.51. The smallest absolute Gasteiger partial charge is 0.338 e. The summed E-state index contributed by atoms with van der Waals surface area (Å²) in [6, 6.07) is 15.4. The molecule has 0 radical (unpaired) electrons. The number of ether oxygens (including phenoxy) is 1. The van der Waals surface area contributed by atoms with Crippen LogP contribution in [0.4, 0.5) is 15.8 Å². The molecule has 0 unspecified atom stereocenters. The number of nitrogens with zero attached hydrogens (tertiary/aromatic N) is 2. The lowest BCUT2D eigenvalue weighted by molar-refractivity contribution is 0.0337. The van der Waals surface area contributed by atoms with Gasteiger partial charge < -0.3 is 14.7 Å². The van der Waals surface area contributed by atoms with Gasteiger partial charge in [0.1, 0.15) is 10.7 Å². The van der Waals surface area contributed by atoms with Crippen molar-refractivity contribution in [3.05, 3.63) is 77.1 Å². The number of carboxylic acids is 1. The maximum atomic E-state index is 14.0. The molecular formula is C26H26ClFN2O5S.